The van der Waals surface area contributed by atoms with Gasteiger partial charge in [0, 0.05) is 10.3 Å². The first-order valence-corrected chi connectivity index (χ1v) is 6.77. The number of anilines is 1. The van der Waals surface area contributed by atoms with Gasteiger partial charge in [-0.25, -0.2) is 9.97 Å². The predicted molar refractivity (Wildman–Crippen MR) is 79.2 cm³/mol. The third-order valence-electron chi connectivity index (χ3n) is 2.90. The van der Waals surface area contributed by atoms with Crippen molar-refractivity contribution in [1.82, 2.24) is 9.97 Å². The molecule has 5 heteroatoms. The zero-order valence-electron chi connectivity index (χ0n) is 10.4. The molecule has 0 bridgehead atoms. The Morgan fingerprint density at radius 1 is 1.05 bits per heavy atom. The van der Waals surface area contributed by atoms with E-state index in [0.29, 0.717) is 11.3 Å². The summed E-state index contributed by atoms with van der Waals surface area (Å²) in [6, 6.07) is 15.3. The molecule has 96 valence electrons. The molecule has 4 nitrogen and oxygen atoms in total. The Labute approximate surface area is 120 Å². The van der Waals surface area contributed by atoms with Crippen molar-refractivity contribution in [3.8, 4) is 6.07 Å². The zero-order valence-corrected chi connectivity index (χ0v) is 11.3. The van der Waals surface area contributed by atoms with E-state index in [1.165, 1.54) is 18.1 Å². The number of hydrogen-bond acceptors (Lipinski definition) is 5. The summed E-state index contributed by atoms with van der Waals surface area (Å²) < 4.78 is 0. The van der Waals surface area contributed by atoms with Gasteiger partial charge >= 0.3 is 0 Å². The highest BCUT2D eigenvalue weighted by molar-refractivity contribution is 7.99. The number of rotatable bonds is 2. The molecule has 0 amide bonds. The number of nitrogen functional groups attached to an aromatic ring is 1. The van der Waals surface area contributed by atoms with Crippen LogP contribution in [0.25, 0.3) is 10.9 Å². The Morgan fingerprint density at radius 2 is 1.90 bits per heavy atom. The quantitative estimate of drug-likeness (QED) is 0.575. The first-order valence-electron chi connectivity index (χ1n) is 5.96. The fraction of sp³-hybridized carbons (Fsp3) is 0. The van der Waals surface area contributed by atoms with Crippen molar-refractivity contribution in [3.63, 3.8) is 0 Å². The summed E-state index contributed by atoms with van der Waals surface area (Å²) in [6.07, 6.45) is 1.54. The smallest absolute Gasteiger partial charge is 0.117 e. The molecule has 1 heterocycles. The molecule has 0 aliphatic heterocycles. The van der Waals surface area contributed by atoms with Crippen LogP contribution in [0.1, 0.15) is 5.56 Å². The number of nitrogens with two attached hydrogens (primary N) is 1. The fourth-order valence-corrected chi connectivity index (χ4v) is 2.85. The first-order chi connectivity index (χ1) is 9.79. The average molecular weight is 278 g/mol. The largest absolute Gasteiger partial charge is 0.397 e. The third-order valence-corrected chi connectivity index (χ3v) is 3.99. The van der Waals surface area contributed by atoms with E-state index in [1.807, 2.05) is 36.4 Å². The molecule has 2 N–H and O–H groups in total. The van der Waals surface area contributed by atoms with Crippen LogP contribution in [-0.2, 0) is 0 Å². The van der Waals surface area contributed by atoms with Gasteiger partial charge in [0.1, 0.15) is 17.4 Å². The van der Waals surface area contributed by atoms with Crippen molar-refractivity contribution in [2.24, 2.45) is 0 Å². The Kier molecular flexibility index (Phi) is 3.23. The van der Waals surface area contributed by atoms with Gasteiger partial charge in [-0.3, -0.25) is 0 Å². The highest BCUT2D eigenvalue weighted by atomic mass is 32.2. The Morgan fingerprint density at radius 3 is 2.75 bits per heavy atom. The van der Waals surface area contributed by atoms with Crippen LogP contribution >= 0.6 is 11.8 Å². The van der Waals surface area contributed by atoms with Gasteiger partial charge in [-0.05, 0) is 18.2 Å². The van der Waals surface area contributed by atoms with E-state index in [9.17, 15) is 0 Å². The van der Waals surface area contributed by atoms with Crippen molar-refractivity contribution < 1.29 is 0 Å². The molecule has 0 saturated heterocycles. The standard InChI is InChI=1S/C15H10N4S/c16-8-10-4-3-7-13(14(10)17)20-15-11-5-1-2-6-12(11)18-9-19-15/h1-7,9H,17H2. The monoisotopic (exact) mass is 278 g/mol. The van der Waals surface area contributed by atoms with E-state index < -0.39 is 0 Å². The minimum Gasteiger partial charge on any atom is -0.397 e. The summed E-state index contributed by atoms with van der Waals surface area (Å²) in [7, 11) is 0. The number of hydrogen-bond donors (Lipinski definition) is 1. The first kappa shape index (κ1) is 12.5. The topological polar surface area (TPSA) is 75.6 Å². The van der Waals surface area contributed by atoms with Crippen LogP contribution in [0.5, 0.6) is 0 Å². The molecule has 3 aromatic rings. The molecule has 0 unspecified atom stereocenters. The van der Waals surface area contributed by atoms with Gasteiger partial charge in [-0.1, -0.05) is 36.0 Å². The minimum atomic E-state index is 0.480. The second-order valence-electron chi connectivity index (χ2n) is 4.13. The summed E-state index contributed by atoms with van der Waals surface area (Å²) in [6.45, 7) is 0. The van der Waals surface area contributed by atoms with E-state index in [2.05, 4.69) is 16.0 Å². The number of fused-ring (bicyclic) bond motifs is 1. The summed E-state index contributed by atoms with van der Waals surface area (Å²) in [5.74, 6) is 0. The molecule has 0 radical (unpaired) electrons. The number of nitrogens with zero attached hydrogens (tertiary/aromatic N) is 3. The second kappa shape index (κ2) is 5.19. The van der Waals surface area contributed by atoms with Crippen molar-refractivity contribution in [2.75, 3.05) is 5.73 Å². The maximum Gasteiger partial charge on any atom is 0.117 e. The Hall–Kier alpha value is -2.58. The lowest BCUT2D eigenvalue weighted by atomic mass is 10.2. The fourth-order valence-electron chi connectivity index (χ4n) is 1.90. The molecule has 20 heavy (non-hydrogen) atoms. The molecule has 0 spiro atoms. The number of aromatic nitrogens is 2. The van der Waals surface area contributed by atoms with Crippen LogP contribution in [0.15, 0.2) is 58.7 Å². The second-order valence-corrected chi connectivity index (χ2v) is 5.16. The summed E-state index contributed by atoms with van der Waals surface area (Å²) >= 11 is 1.45. The van der Waals surface area contributed by atoms with Gasteiger partial charge in [-0.15, -0.1) is 0 Å². The van der Waals surface area contributed by atoms with Gasteiger partial charge < -0.3 is 5.73 Å². The lowest BCUT2D eigenvalue weighted by Crippen LogP contribution is -1.94. The van der Waals surface area contributed by atoms with E-state index in [0.717, 1.165) is 20.8 Å². The molecule has 3 rings (SSSR count). The highest BCUT2D eigenvalue weighted by Crippen LogP contribution is 2.35. The molecule has 0 aliphatic rings. The Balaban J connectivity index is 2.09. The summed E-state index contributed by atoms with van der Waals surface area (Å²) in [4.78, 5) is 9.37. The van der Waals surface area contributed by atoms with E-state index in [-0.39, 0.29) is 0 Å². The van der Waals surface area contributed by atoms with Crippen molar-refractivity contribution >= 4 is 28.4 Å². The van der Waals surface area contributed by atoms with Crippen molar-refractivity contribution in [1.29, 1.82) is 5.26 Å². The van der Waals surface area contributed by atoms with E-state index >= 15 is 0 Å². The lowest BCUT2D eigenvalue weighted by molar-refractivity contribution is 1.10. The third kappa shape index (κ3) is 2.17. The molecular weight excluding hydrogens is 268 g/mol. The molecular formula is C15H10N4S. The van der Waals surface area contributed by atoms with Gasteiger partial charge in [0.05, 0.1) is 16.8 Å². The van der Waals surface area contributed by atoms with Crippen LogP contribution < -0.4 is 5.73 Å². The van der Waals surface area contributed by atoms with Crippen molar-refractivity contribution in [3.05, 3.63) is 54.4 Å². The normalized spacial score (nSPS) is 10.3. The van der Waals surface area contributed by atoms with Crippen LogP contribution in [-0.4, -0.2) is 9.97 Å². The Bertz CT molecular complexity index is 818. The molecule has 0 fully saturated rings. The van der Waals surface area contributed by atoms with Crippen LogP contribution in [0.3, 0.4) is 0 Å². The van der Waals surface area contributed by atoms with Gasteiger partial charge in [-0.2, -0.15) is 5.26 Å². The number of benzene rings is 2. The SMILES string of the molecule is N#Cc1cccc(Sc2ncnc3ccccc23)c1N. The summed E-state index contributed by atoms with van der Waals surface area (Å²) in [5, 5.41) is 10.8. The van der Waals surface area contributed by atoms with Crippen LogP contribution in [0, 0.1) is 11.3 Å². The number of nitriles is 1. The van der Waals surface area contributed by atoms with Gasteiger partial charge in [0.15, 0.2) is 0 Å². The summed E-state index contributed by atoms with van der Waals surface area (Å²) in [5.41, 5.74) is 7.86. The van der Waals surface area contributed by atoms with Crippen molar-refractivity contribution in [2.45, 2.75) is 9.92 Å². The highest BCUT2D eigenvalue weighted by Gasteiger charge is 2.09. The van der Waals surface area contributed by atoms with Gasteiger partial charge in [0.2, 0.25) is 0 Å². The lowest BCUT2D eigenvalue weighted by Gasteiger charge is -2.07. The van der Waals surface area contributed by atoms with Gasteiger partial charge in [0.25, 0.3) is 0 Å². The molecule has 2 aromatic carbocycles. The maximum atomic E-state index is 9.02. The number of para-hydroxylation sites is 2. The molecule has 0 atom stereocenters. The van der Waals surface area contributed by atoms with Crippen LogP contribution in [0.4, 0.5) is 5.69 Å². The average Bonchev–Trinajstić information content (AvgIpc) is 2.50. The minimum absolute atomic E-state index is 0.480. The van der Waals surface area contributed by atoms with Crippen LogP contribution in [0.2, 0.25) is 0 Å². The maximum absolute atomic E-state index is 9.02. The molecule has 0 saturated carbocycles. The zero-order chi connectivity index (χ0) is 13.9. The van der Waals surface area contributed by atoms with E-state index in [1.54, 1.807) is 6.07 Å². The van der Waals surface area contributed by atoms with E-state index in [4.69, 9.17) is 11.0 Å². The molecule has 1 aromatic heterocycles. The molecule has 0 aliphatic carbocycles. The predicted octanol–water partition coefficient (Wildman–Crippen LogP) is 3.23.